The first-order chi connectivity index (χ1) is 11.7. The Bertz CT molecular complexity index is 825. The fraction of sp³-hybridized carbons (Fsp3) is 0.263. The van der Waals surface area contributed by atoms with E-state index < -0.39 is 0 Å². The fourth-order valence-corrected chi connectivity index (χ4v) is 3.21. The number of hydrogen-bond acceptors (Lipinski definition) is 3. The quantitative estimate of drug-likeness (QED) is 0.862. The van der Waals surface area contributed by atoms with Gasteiger partial charge in [0.05, 0.1) is 17.9 Å². The summed E-state index contributed by atoms with van der Waals surface area (Å²) in [6.07, 6.45) is 11.2. The van der Waals surface area contributed by atoms with Crippen molar-refractivity contribution < 1.29 is 4.39 Å². The van der Waals surface area contributed by atoms with E-state index in [1.54, 1.807) is 0 Å². The van der Waals surface area contributed by atoms with Crippen LogP contribution in [0.4, 0.5) is 10.1 Å². The van der Waals surface area contributed by atoms with Gasteiger partial charge in [0, 0.05) is 43.2 Å². The molecule has 2 aliphatic heterocycles. The molecule has 0 spiro atoms. The summed E-state index contributed by atoms with van der Waals surface area (Å²) in [6.45, 7) is 3.75. The normalized spacial score (nSPS) is 18.0. The lowest BCUT2D eigenvalue weighted by molar-refractivity contribution is 0.561. The second-order valence-electron chi connectivity index (χ2n) is 6.11. The van der Waals surface area contributed by atoms with Gasteiger partial charge in [0.15, 0.2) is 0 Å². The highest BCUT2D eigenvalue weighted by Gasteiger charge is 2.21. The van der Waals surface area contributed by atoms with E-state index in [-0.39, 0.29) is 11.9 Å². The lowest BCUT2D eigenvalue weighted by Gasteiger charge is -2.30. The van der Waals surface area contributed by atoms with Crippen molar-refractivity contribution in [2.45, 2.75) is 19.4 Å². The van der Waals surface area contributed by atoms with E-state index in [1.165, 1.54) is 23.4 Å². The van der Waals surface area contributed by atoms with Gasteiger partial charge in [-0.3, -0.25) is 9.67 Å². The third kappa shape index (κ3) is 2.66. The van der Waals surface area contributed by atoms with Crippen LogP contribution in [0.25, 0.3) is 0 Å². The van der Waals surface area contributed by atoms with E-state index in [1.807, 2.05) is 29.2 Å². The number of aliphatic imine (C=N–C) groups is 1. The molecular formula is C19H19FN4. The number of rotatable bonds is 3. The molecule has 0 fully saturated rings. The number of hydrogen-bond donors (Lipinski definition) is 0. The van der Waals surface area contributed by atoms with Crippen LogP contribution < -0.4 is 4.90 Å². The first-order valence-corrected chi connectivity index (χ1v) is 8.19. The van der Waals surface area contributed by atoms with Crippen molar-refractivity contribution in [2.24, 2.45) is 4.99 Å². The van der Waals surface area contributed by atoms with Gasteiger partial charge in [-0.1, -0.05) is 24.3 Å². The molecule has 0 saturated carbocycles. The zero-order chi connectivity index (χ0) is 16.5. The summed E-state index contributed by atoms with van der Waals surface area (Å²) in [6, 6.07) is 6.65. The first-order valence-electron chi connectivity index (χ1n) is 8.19. The summed E-state index contributed by atoms with van der Waals surface area (Å²) >= 11 is 0. The molecule has 3 heterocycles. The summed E-state index contributed by atoms with van der Waals surface area (Å²) in [7, 11) is 0. The Morgan fingerprint density at radius 3 is 2.88 bits per heavy atom. The van der Waals surface area contributed by atoms with Crippen molar-refractivity contribution in [3.05, 3.63) is 71.5 Å². The highest BCUT2D eigenvalue weighted by Crippen LogP contribution is 2.29. The molecule has 1 atom stereocenters. The monoisotopic (exact) mass is 322 g/mol. The maximum absolute atomic E-state index is 13.1. The Hall–Kier alpha value is -2.69. The van der Waals surface area contributed by atoms with E-state index in [4.69, 9.17) is 0 Å². The highest BCUT2D eigenvalue weighted by atomic mass is 19.1. The second-order valence-corrected chi connectivity index (χ2v) is 6.11. The van der Waals surface area contributed by atoms with E-state index in [0.29, 0.717) is 0 Å². The van der Waals surface area contributed by atoms with Gasteiger partial charge in [-0.25, -0.2) is 4.39 Å². The average molecular weight is 322 g/mol. The summed E-state index contributed by atoms with van der Waals surface area (Å²) in [4.78, 5) is 6.65. The Balaban J connectivity index is 1.61. The summed E-state index contributed by atoms with van der Waals surface area (Å²) in [5, 5.41) is 4.53. The minimum Gasteiger partial charge on any atom is -0.338 e. The highest BCUT2D eigenvalue weighted by molar-refractivity contribution is 5.86. The largest absolute Gasteiger partial charge is 0.338 e. The third-order valence-electron chi connectivity index (χ3n) is 4.60. The number of benzene rings is 1. The SMILES string of the molecule is CC(c1ccc(F)cc1)n1cc(N2CC=CC3=C2CCN=C3)cn1. The number of aromatic nitrogens is 2. The van der Waals surface area contributed by atoms with Crippen LogP contribution in [-0.4, -0.2) is 29.1 Å². The molecule has 0 radical (unpaired) electrons. The Morgan fingerprint density at radius 1 is 1.21 bits per heavy atom. The molecular weight excluding hydrogens is 303 g/mol. The molecule has 0 saturated heterocycles. The van der Waals surface area contributed by atoms with Gasteiger partial charge < -0.3 is 4.90 Å². The van der Waals surface area contributed by atoms with Crippen LogP contribution in [0.5, 0.6) is 0 Å². The molecule has 4 nitrogen and oxygen atoms in total. The molecule has 2 aromatic rings. The van der Waals surface area contributed by atoms with Crippen molar-refractivity contribution >= 4 is 11.9 Å². The van der Waals surface area contributed by atoms with E-state index in [0.717, 1.165) is 30.8 Å². The standard InChI is InChI=1S/C19H19FN4/c1-14(15-4-6-17(20)7-5-15)24-13-18(12-22-24)23-10-2-3-16-11-21-9-8-19(16)23/h2-7,11-14H,8-10H2,1H3. The van der Waals surface area contributed by atoms with Crippen LogP contribution in [0.2, 0.25) is 0 Å². The van der Waals surface area contributed by atoms with Crippen molar-refractivity contribution in [2.75, 3.05) is 18.0 Å². The molecule has 2 aliphatic rings. The maximum atomic E-state index is 13.1. The van der Waals surface area contributed by atoms with Crippen LogP contribution >= 0.6 is 0 Å². The molecule has 5 heteroatoms. The van der Waals surface area contributed by atoms with E-state index in [9.17, 15) is 4.39 Å². The van der Waals surface area contributed by atoms with Crippen LogP contribution in [0.3, 0.4) is 0 Å². The Morgan fingerprint density at radius 2 is 2.04 bits per heavy atom. The minimum absolute atomic E-state index is 0.0565. The average Bonchev–Trinajstić information content (AvgIpc) is 3.11. The minimum atomic E-state index is -0.217. The zero-order valence-corrected chi connectivity index (χ0v) is 13.6. The number of dihydropyridines is 1. The molecule has 0 N–H and O–H groups in total. The van der Waals surface area contributed by atoms with Gasteiger partial charge in [-0.05, 0) is 24.6 Å². The number of halogens is 1. The molecule has 0 aliphatic carbocycles. The summed E-state index contributed by atoms with van der Waals surface area (Å²) < 4.78 is 15.0. The molecule has 1 unspecified atom stereocenters. The van der Waals surface area contributed by atoms with Crippen molar-refractivity contribution in [3.63, 3.8) is 0 Å². The van der Waals surface area contributed by atoms with Gasteiger partial charge >= 0.3 is 0 Å². The molecule has 122 valence electrons. The fourth-order valence-electron chi connectivity index (χ4n) is 3.21. The van der Waals surface area contributed by atoms with Gasteiger partial charge in [-0.15, -0.1) is 0 Å². The molecule has 4 rings (SSSR count). The van der Waals surface area contributed by atoms with Gasteiger partial charge in [-0.2, -0.15) is 5.10 Å². The smallest absolute Gasteiger partial charge is 0.123 e. The molecule has 1 aromatic carbocycles. The predicted molar refractivity (Wildman–Crippen MR) is 93.9 cm³/mol. The first kappa shape index (κ1) is 14.9. The van der Waals surface area contributed by atoms with E-state index >= 15 is 0 Å². The van der Waals surface area contributed by atoms with Crippen molar-refractivity contribution in [3.8, 4) is 0 Å². The lowest BCUT2D eigenvalue weighted by Crippen LogP contribution is -2.28. The maximum Gasteiger partial charge on any atom is 0.123 e. The second kappa shape index (κ2) is 6.07. The van der Waals surface area contributed by atoms with Crippen LogP contribution in [0.1, 0.15) is 24.9 Å². The predicted octanol–water partition coefficient (Wildman–Crippen LogP) is 3.74. The molecule has 24 heavy (non-hydrogen) atoms. The van der Waals surface area contributed by atoms with Gasteiger partial charge in [0.2, 0.25) is 0 Å². The van der Waals surface area contributed by atoms with E-state index in [2.05, 4.69) is 40.3 Å². The lowest BCUT2D eigenvalue weighted by atomic mass is 10.0. The van der Waals surface area contributed by atoms with Crippen LogP contribution in [0, 0.1) is 5.82 Å². The zero-order valence-electron chi connectivity index (χ0n) is 13.6. The molecule has 0 bridgehead atoms. The topological polar surface area (TPSA) is 33.4 Å². The molecule has 0 amide bonds. The third-order valence-corrected chi connectivity index (χ3v) is 4.60. The number of anilines is 1. The van der Waals surface area contributed by atoms with Gasteiger partial charge in [0.1, 0.15) is 5.82 Å². The summed E-state index contributed by atoms with van der Waals surface area (Å²) in [5.41, 5.74) is 4.61. The summed E-state index contributed by atoms with van der Waals surface area (Å²) in [5.74, 6) is -0.217. The Labute approximate surface area is 140 Å². The number of nitrogens with zero attached hydrogens (tertiary/aromatic N) is 4. The Kier molecular flexibility index (Phi) is 3.76. The number of allylic oxidation sites excluding steroid dienone is 2. The van der Waals surface area contributed by atoms with Crippen molar-refractivity contribution in [1.29, 1.82) is 0 Å². The van der Waals surface area contributed by atoms with Crippen LogP contribution in [0.15, 0.2) is 65.1 Å². The van der Waals surface area contributed by atoms with Gasteiger partial charge in [0.25, 0.3) is 0 Å². The van der Waals surface area contributed by atoms with Crippen molar-refractivity contribution in [1.82, 2.24) is 9.78 Å². The molecule has 1 aromatic heterocycles. The van der Waals surface area contributed by atoms with Crippen LogP contribution in [-0.2, 0) is 0 Å².